The maximum atomic E-state index is 12.9. The molecule has 0 amide bonds. The van der Waals surface area contributed by atoms with Crippen molar-refractivity contribution in [2.75, 3.05) is 20.7 Å². The van der Waals surface area contributed by atoms with Gasteiger partial charge in [0.1, 0.15) is 0 Å². The first-order valence-corrected chi connectivity index (χ1v) is 12.1. The van der Waals surface area contributed by atoms with E-state index >= 15 is 0 Å². The van der Waals surface area contributed by atoms with E-state index in [1.165, 1.54) is 14.1 Å². The largest absolute Gasteiger partial charge is 0.376 e. The van der Waals surface area contributed by atoms with Gasteiger partial charge in [-0.15, -0.1) is 11.8 Å². The SMILES string of the molecule is CC#CC1CCC(OC[C@H]2[C@@H](NS(=O)(=O)N(C)C)CCc3ccc(C)c(=O)n32)CC1. The topological polar surface area (TPSA) is 80.6 Å². The number of ether oxygens (including phenoxy) is 1. The van der Waals surface area contributed by atoms with Crippen molar-refractivity contribution in [3.63, 3.8) is 0 Å². The molecule has 0 unspecified atom stereocenters. The Morgan fingerprint density at radius 1 is 1.20 bits per heavy atom. The number of fused-ring (bicyclic) bond motifs is 1. The smallest absolute Gasteiger partial charge is 0.279 e. The van der Waals surface area contributed by atoms with Gasteiger partial charge >= 0.3 is 0 Å². The Balaban J connectivity index is 1.80. The van der Waals surface area contributed by atoms with E-state index in [1.807, 2.05) is 19.1 Å². The molecule has 1 aliphatic heterocycles. The zero-order valence-corrected chi connectivity index (χ0v) is 19.2. The van der Waals surface area contributed by atoms with Crippen LogP contribution in [-0.2, 0) is 21.4 Å². The van der Waals surface area contributed by atoms with Crippen LogP contribution < -0.4 is 10.3 Å². The fourth-order valence-electron chi connectivity index (χ4n) is 4.37. The van der Waals surface area contributed by atoms with Gasteiger partial charge in [0.25, 0.3) is 15.8 Å². The number of nitrogens with zero attached hydrogens (tertiary/aromatic N) is 2. The lowest BCUT2D eigenvalue weighted by Gasteiger charge is -2.37. The Morgan fingerprint density at radius 2 is 1.90 bits per heavy atom. The van der Waals surface area contributed by atoms with Gasteiger partial charge in [-0.2, -0.15) is 17.4 Å². The van der Waals surface area contributed by atoms with Crippen LogP contribution in [0, 0.1) is 24.7 Å². The van der Waals surface area contributed by atoms with Crippen LogP contribution in [0.4, 0.5) is 0 Å². The van der Waals surface area contributed by atoms with Gasteiger partial charge in [0.15, 0.2) is 0 Å². The van der Waals surface area contributed by atoms with Gasteiger partial charge < -0.3 is 9.30 Å². The molecule has 1 aromatic heterocycles. The molecule has 0 radical (unpaired) electrons. The highest BCUT2D eigenvalue weighted by Crippen LogP contribution is 2.29. The van der Waals surface area contributed by atoms with Gasteiger partial charge in [-0.1, -0.05) is 6.07 Å². The second kappa shape index (κ2) is 9.65. The van der Waals surface area contributed by atoms with Crippen molar-refractivity contribution < 1.29 is 13.2 Å². The fraction of sp³-hybridized carbons (Fsp3) is 0.682. The molecule has 3 rings (SSSR count). The van der Waals surface area contributed by atoms with E-state index in [2.05, 4.69) is 16.6 Å². The summed E-state index contributed by atoms with van der Waals surface area (Å²) in [6, 6.07) is 3.04. The molecular formula is C22H33N3O4S. The standard InChI is InChI=1S/C22H33N3O4S/c1-5-6-17-8-12-19(13-9-17)29-15-21-20(23-30(27,28)24(3)4)14-11-18-10-7-16(2)22(26)25(18)21/h7,10,17,19-21,23H,8-9,11-15H2,1-4H3/t17?,19?,20-,21-/m0/s1. The van der Waals surface area contributed by atoms with Crippen LogP contribution in [0.3, 0.4) is 0 Å². The normalized spacial score (nSPS) is 26.7. The highest BCUT2D eigenvalue weighted by Gasteiger charge is 2.35. The minimum Gasteiger partial charge on any atom is -0.376 e. The van der Waals surface area contributed by atoms with E-state index in [0.29, 0.717) is 30.9 Å². The number of pyridine rings is 1. The molecule has 8 heteroatoms. The Labute approximate surface area is 180 Å². The van der Waals surface area contributed by atoms with Crippen molar-refractivity contribution in [1.29, 1.82) is 0 Å². The molecule has 1 aromatic rings. The predicted octanol–water partition coefficient (Wildman–Crippen LogP) is 2.01. The predicted molar refractivity (Wildman–Crippen MR) is 117 cm³/mol. The summed E-state index contributed by atoms with van der Waals surface area (Å²) >= 11 is 0. The lowest BCUT2D eigenvalue weighted by molar-refractivity contribution is -0.00307. The van der Waals surface area contributed by atoms with Gasteiger partial charge in [-0.3, -0.25) is 4.79 Å². The van der Waals surface area contributed by atoms with Crippen LogP contribution in [0.25, 0.3) is 0 Å². The molecule has 2 aliphatic rings. The average molecular weight is 436 g/mol. The maximum Gasteiger partial charge on any atom is 0.279 e. The highest BCUT2D eigenvalue weighted by molar-refractivity contribution is 7.87. The van der Waals surface area contributed by atoms with Crippen molar-refractivity contribution in [1.82, 2.24) is 13.6 Å². The first-order chi connectivity index (χ1) is 14.2. The van der Waals surface area contributed by atoms with Crippen LogP contribution in [0.5, 0.6) is 0 Å². The Hall–Kier alpha value is -1.66. The van der Waals surface area contributed by atoms with Gasteiger partial charge in [-0.25, -0.2) is 0 Å². The Morgan fingerprint density at radius 3 is 2.53 bits per heavy atom. The highest BCUT2D eigenvalue weighted by atomic mass is 32.2. The quantitative estimate of drug-likeness (QED) is 0.693. The van der Waals surface area contributed by atoms with Crippen LogP contribution in [-0.4, -0.2) is 50.1 Å². The average Bonchev–Trinajstić information content (AvgIpc) is 2.71. The molecule has 166 valence electrons. The first kappa shape index (κ1) is 23.0. The maximum absolute atomic E-state index is 12.9. The minimum atomic E-state index is -3.62. The van der Waals surface area contributed by atoms with Crippen molar-refractivity contribution in [3.8, 4) is 11.8 Å². The number of rotatable bonds is 6. The first-order valence-electron chi connectivity index (χ1n) is 10.7. The van der Waals surface area contributed by atoms with Crippen molar-refractivity contribution in [3.05, 3.63) is 33.7 Å². The molecule has 7 nitrogen and oxygen atoms in total. The van der Waals surface area contributed by atoms with Crippen molar-refractivity contribution in [2.24, 2.45) is 5.92 Å². The number of aromatic nitrogens is 1. The zero-order chi connectivity index (χ0) is 21.9. The second-order valence-electron chi connectivity index (χ2n) is 8.50. The molecule has 2 atom stereocenters. The van der Waals surface area contributed by atoms with Crippen LogP contribution in [0.2, 0.25) is 0 Å². The van der Waals surface area contributed by atoms with E-state index in [4.69, 9.17) is 4.74 Å². The van der Waals surface area contributed by atoms with Crippen molar-refractivity contribution >= 4 is 10.2 Å². The molecule has 0 spiro atoms. The molecule has 2 heterocycles. The second-order valence-corrected chi connectivity index (χ2v) is 10.4. The zero-order valence-electron chi connectivity index (χ0n) is 18.3. The molecular weight excluding hydrogens is 402 g/mol. The molecule has 0 saturated heterocycles. The van der Waals surface area contributed by atoms with E-state index in [9.17, 15) is 13.2 Å². The van der Waals surface area contributed by atoms with Crippen molar-refractivity contribution in [2.45, 2.75) is 70.6 Å². The number of hydrogen-bond donors (Lipinski definition) is 1. The third-order valence-electron chi connectivity index (χ3n) is 6.21. The summed E-state index contributed by atoms with van der Waals surface area (Å²) in [5, 5.41) is 0. The van der Waals surface area contributed by atoms with Crippen LogP contribution >= 0.6 is 0 Å². The van der Waals surface area contributed by atoms with E-state index in [-0.39, 0.29) is 17.7 Å². The summed E-state index contributed by atoms with van der Waals surface area (Å²) in [7, 11) is -0.619. The molecule has 1 N–H and O–H groups in total. The number of aryl methyl sites for hydroxylation is 2. The summed E-state index contributed by atoms with van der Waals surface area (Å²) in [6.07, 6.45) is 5.31. The summed E-state index contributed by atoms with van der Waals surface area (Å²) in [4.78, 5) is 12.9. The van der Waals surface area contributed by atoms with Gasteiger partial charge in [0.05, 0.1) is 18.8 Å². The number of nitrogens with one attached hydrogen (secondary N) is 1. The van der Waals surface area contributed by atoms with E-state index in [1.54, 1.807) is 11.5 Å². The monoisotopic (exact) mass is 435 g/mol. The molecule has 1 aliphatic carbocycles. The summed E-state index contributed by atoms with van der Waals surface area (Å²) in [5.41, 5.74) is 1.51. The van der Waals surface area contributed by atoms with Crippen LogP contribution in [0.1, 0.15) is 56.3 Å². The molecule has 0 bridgehead atoms. The lowest BCUT2D eigenvalue weighted by atomic mass is 9.88. The van der Waals surface area contributed by atoms with E-state index < -0.39 is 16.3 Å². The molecule has 1 saturated carbocycles. The van der Waals surface area contributed by atoms with Gasteiger partial charge in [-0.05, 0) is 58.4 Å². The summed E-state index contributed by atoms with van der Waals surface area (Å²) in [6.45, 7) is 3.97. The third kappa shape index (κ3) is 5.14. The van der Waals surface area contributed by atoms with Crippen LogP contribution in [0.15, 0.2) is 16.9 Å². The molecule has 1 fully saturated rings. The van der Waals surface area contributed by atoms with E-state index in [0.717, 1.165) is 35.7 Å². The minimum absolute atomic E-state index is 0.0724. The van der Waals surface area contributed by atoms with Gasteiger partial charge in [0.2, 0.25) is 0 Å². The van der Waals surface area contributed by atoms with Gasteiger partial charge in [0, 0.05) is 37.3 Å². The Kier molecular flexibility index (Phi) is 7.40. The summed E-state index contributed by atoms with van der Waals surface area (Å²) in [5.74, 6) is 6.69. The molecule has 0 aromatic carbocycles. The molecule has 30 heavy (non-hydrogen) atoms. The fourth-order valence-corrected chi connectivity index (χ4v) is 5.24. The lowest BCUT2D eigenvalue weighted by Crippen LogP contribution is -2.52. The summed E-state index contributed by atoms with van der Waals surface area (Å²) < 4.78 is 36.9. The Bertz CT molecular complexity index is 966. The number of hydrogen-bond acceptors (Lipinski definition) is 4. The third-order valence-corrected chi connectivity index (χ3v) is 7.77.